The molecule has 0 unspecified atom stereocenters. The summed E-state index contributed by atoms with van der Waals surface area (Å²) >= 11 is 1.53. The van der Waals surface area contributed by atoms with Crippen molar-refractivity contribution in [3.05, 3.63) is 35.5 Å². The molecule has 0 fully saturated rings. The lowest BCUT2D eigenvalue weighted by molar-refractivity contribution is 0.416. The molecule has 0 spiro atoms. The molecule has 0 amide bonds. The maximum Gasteiger partial charge on any atom is 0.184 e. The smallest absolute Gasteiger partial charge is 0.184 e. The zero-order valence-corrected chi connectivity index (χ0v) is 11.4. The van der Waals surface area contributed by atoms with Crippen LogP contribution >= 0.6 is 11.3 Å². The Morgan fingerprint density at radius 3 is 2.95 bits per heavy atom. The fourth-order valence-corrected chi connectivity index (χ4v) is 2.60. The number of ether oxygens (including phenoxy) is 1. The molecule has 5 nitrogen and oxygen atoms in total. The summed E-state index contributed by atoms with van der Waals surface area (Å²) in [6.45, 7) is 2.05. The Morgan fingerprint density at radius 2 is 2.21 bits per heavy atom. The highest BCUT2D eigenvalue weighted by atomic mass is 32.1. The van der Waals surface area contributed by atoms with Gasteiger partial charge in [-0.3, -0.25) is 5.10 Å². The van der Waals surface area contributed by atoms with E-state index in [0.29, 0.717) is 5.82 Å². The predicted octanol–water partition coefficient (Wildman–Crippen LogP) is 2.91. The normalized spacial score (nSPS) is 10.6. The fourth-order valence-electron chi connectivity index (χ4n) is 1.84. The highest BCUT2D eigenvalue weighted by Gasteiger charge is 2.12. The van der Waals surface area contributed by atoms with Crippen LogP contribution in [0.4, 0.5) is 0 Å². The van der Waals surface area contributed by atoms with E-state index in [1.807, 2.05) is 24.4 Å². The van der Waals surface area contributed by atoms with Crippen molar-refractivity contribution in [1.29, 1.82) is 0 Å². The average molecular weight is 272 g/mol. The highest BCUT2D eigenvalue weighted by molar-refractivity contribution is 7.13. The van der Waals surface area contributed by atoms with Crippen LogP contribution in [0.5, 0.6) is 5.75 Å². The third-order valence-electron chi connectivity index (χ3n) is 2.75. The van der Waals surface area contributed by atoms with Crippen molar-refractivity contribution in [1.82, 2.24) is 20.2 Å². The van der Waals surface area contributed by atoms with Crippen LogP contribution in [0.15, 0.2) is 29.9 Å². The van der Waals surface area contributed by atoms with E-state index in [0.717, 1.165) is 22.0 Å². The van der Waals surface area contributed by atoms with Crippen LogP contribution < -0.4 is 4.74 Å². The van der Waals surface area contributed by atoms with E-state index in [1.54, 1.807) is 7.11 Å². The van der Waals surface area contributed by atoms with Crippen LogP contribution in [0.3, 0.4) is 0 Å². The van der Waals surface area contributed by atoms with E-state index >= 15 is 0 Å². The number of hydrogen-bond acceptors (Lipinski definition) is 5. The van der Waals surface area contributed by atoms with Crippen LogP contribution in [-0.2, 0) is 0 Å². The summed E-state index contributed by atoms with van der Waals surface area (Å²) in [5.41, 5.74) is 3.05. The minimum absolute atomic E-state index is 0.683. The molecule has 1 N–H and O–H groups in total. The molecule has 6 heteroatoms. The zero-order chi connectivity index (χ0) is 13.2. The number of hydrogen-bond donors (Lipinski definition) is 1. The van der Waals surface area contributed by atoms with Crippen molar-refractivity contribution < 1.29 is 4.74 Å². The number of aromatic nitrogens is 4. The summed E-state index contributed by atoms with van der Waals surface area (Å²) in [5.74, 6) is 1.50. The molecule has 96 valence electrons. The molecule has 3 aromatic rings. The molecule has 2 heterocycles. The topological polar surface area (TPSA) is 63.7 Å². The highest BCUT2D eigenvalue weighted by Crippen LogP contribution is 2.33. The van der Waals surface area contributed by atoms with Gasteiger partial charge in [-0.15, -0.1) is 11.3 Å². The number of aromatic amines is 1. The lowest BCUT2D eigenvalue weighted by Crippen LogP contribution is -1.89. The first-order chi connectivity index (χ1) is 9.28. The van der Waals surface area contributed by atoms with Gasteiger partial charge in [0.1, 0.15) is 12.1 Å². The predicted molar refractivity (Wildman–Crippen MR) is 74.2 cm³/mol. The van der Waals surface area contributed by atoms with E-state index in [2.05, 4.69) is 26.2 Å². The molecule has 2 aromatic heterocycles. The first kappa shape index (κ1) is 11.9. The summed E-state index contributed by atoms with van der Waals surface area (Å²) in [6, 6.07) is 6.04. The molecule has 0 atom stereocenters. The molecule has 0 bridgehead atoms. The van der Waals surface area contributed by atoms with E-state index in [4.69, 9.17) is 4.74 Å². The van der Waals surface area contributed by atoms with Gasteiger partial charge in [0, 0.05) is 10.9 Å². The fraction of sp³-hybridized carbons (Fsp3) is 0.154. The number of nitrogens with one attached hydrogen (secondary N) is 1. The molecule has 1 aromatic carbocycles. The molecule has 0 saturated heterocycles. The molecule has 19 heavy (non-hydrogen) atoms. The van der Waals surface area contributed by atoms with Gasteiger partial charge in [0.15, 0.2) is 10.8 Å². The molecule has 3 rings (SSSR count). The number of methoxy groups -OCH3 is 1. The van der Waals surface area contributed by atoms with Crippen molar-refractivity contribution in [3.63, 3.8) is 0 Å². The standard InChI is InChI=1S/C13H12N4OS/c1-8-3-4-11(18-2)9(5-8)10-6-19-13(16-10)12-14-7-15-17-12/h3-7H,1-2H3,(H,14,15,17). The van der Waals surface area contributed by atoms with E-state index in [-0.39, 0.29) is 0 Å². The van der Waals surface area contributed by atoms with Crippen molar-refractivity contribution in [2.45, 2.75) is 6.92 Å². The van der Waals surface area contributed by atoms with Crippen LogP contribution in [0, 0.1) is 6.92 Å². The summed E-state index contributed by atoms with van der Waals surface area (Å²) in [7, 11) is 1.66. The second-order valence-electron chi connectivity index (χ2n) is 4.08. The van der Waals surface area contributed by atoms with Gasteiger partial charge in [-0.25, -0.2) is 9.97 Å². The van der Waals surface area contributed by atoms with Gasteiger partial charge in [-0.2, -0.15) is 5.10 Å². The van der Waals surface area contributed by atoms with Crippen molar-refractivity contribution in [2.24, 2.45) is 0 Å². The van der Waals surface area contributed by atoms with Crippen molar-refractivity contribution >= 4 is 11.3 Å². The van der Waals surface area contributed by atoms with E-state index < -0.39 is 0 Å². The molecule has 0 aliphatic rings. The van der Waals surface area contributed by atoms with E-state index in [1.165, 1.54) is 23.2 Å². The van der Waals surface area contributed by atoms with Crippen LogP contribution in [-0.4, -0.2) is 27.3 Å². The number of aryl methyl sites for hydroxylation is 1. The number of H-pyrrole nitrogens is 1. The number of nitrogens with zero attached hydrogens (tertiary/aromatic N) is 3. The lowest BCUT2D eigenvalue weighted by atomic mass is 10.1. The van der Waals surface area contributed by atoms with Gasteiger partial charge in [-0.05, 0) is 19.1 Å². The van der Waals surface area contributed by atoms with Gasteiger partial charge in [0.2, 0.25) is 0 Å². The molecule has 0 aliphatic heterocycles. The first-order valence-corrected chi connectivity index (χ1v) is 6.62. The SMILES string of the molecule is COc1ccc(C)cc1-c1csc(-c2ncn[nH]2)n1. The Kier molecular flexibility index (Phi) is 3.00. The Bertz CT molecular complexity index is 690. The van der Waals surface area contributed by atoms with Gasteiger partial charge < -0.3 is 4.74 Å². The largest absolute Gasteiger partial charge is 0.496 e. The van der Waals surface area contributed by atoms with Gasteiger partial charge in [0.05, 0.1) is 12.8 Å². The molecular formula is C13H12N4OS. The maximum absolute atomic E-state index is 5.38. The van der Waals surface area contributed by atoms with Gasteiger partial charge in [0.25, 0.3) is 0 Å². The Morgan fingerprint density at radius 1 is 1.32 bits per heavy atom. The minimum atomic E-state index is 0.683. The van der Waals surface area contributed by atoms with Crippen LogP contribution in [0.1, 0.15) is 5.56 Å². The molecular weight excluding hydrogens is 260 g/mol. The lowest BCUT2D eigenvalue weighted by Gasteiger charge is -2.06. The number of thiazole rings is 1. The summed E-state index contributed by atoms with van der Waals surface area (Å²) in [5, 5.41) is 9.46. The average Bonchev–Trinajstić information content (AvgIpc) is 3.09. The second-order valence-corrected chi connectivity index (χ2v) is 4.93. The Balaban J connectivity index is 2.06. The van der Waals surface area contributed by atoms with Crippen molar-refractivity contribution in [3.8, 4) is 27.8 Å². The summed E-state index contributed by atoms with van der Waals surface area (Å²) in [6.07, 6.45) is 1.48. The van der Waals surface area contributed by atoms with Gasteiger partial charge in [-0.1, -0.05) is 11.6 Å². The summed E-state index contributed by atoms with van der Waals surface area (Å²) in [4.78, 5) is 8.68. The number of rotatable bonds is 3. The number of benzene rings is 1. The summed E-state index contributed by atoms with van der Waals surface area (Å²) < 4.78 is 5.38. The zero-order valence-electron chi connectivity index (χ0n) is 10.5. The minimum Gasteiger partial charge on any atom is -0.496 e. The van der Waals surface area contributed by atoms with E-state index in [9.17, 15) is 0 Å². The molecule has 0 radical (unpaired) electrons. The maximum atomic E-state index is 5.38. The first-order valence-electron chi connectivity index (χ1n) is 5.74. The quantitative estimate of drug-likeness (QED) is 0.796. The Labute approximate surface area is 114 Å². The van der Waals surface area contributed by atoms with Crippen LogP contribution in [0.2, 0.25) is 0 Å². The van der Waals surface area contributed by atoms with Crippen LogP contribution in [0.25, 0.3) is 22.1 Å². The third kappa shape index (κ3) is 2.22. The van der Waals surface area contributed by atoms with Crippen molar-refractivity contribution in [2.75, 3.05) is 7.11 Å². The molecule has 0 saturated carbocycles. The third-order valence-corrected chi connectivity index (χ3v) is 3.60. The monoisotopic (exact) mass is 272 g/mol. The Hall–Kier alpha value is -2.21. The molecule has 0 aliphatic carbocycles. The second kappa shape index (κ2) is 4.81. The van der Waals surface area contributed by atoms with Gasteiger partial charge >= 0.3 is 0 Å².